The number of rotatable bonds is 2. The van der Waals surface area contributed by atoms with Crippen molar-refractivity contribution >= 4 is 20.2 Å². The van der Waals surface area contributed by atoms with Crippen LogP contribution in [0.4, 0.5) is 26.3 Å². The Morgan fingerprint density at radius 2 is 0.935 bits per heavy atom. The van der Waals surface area contributed by atoms with Crippen LogP contribution in [0, 0.1) is 0 Å². The Bertz CT molecular complexity index is 934. The zero-order chi connectivity index (χ0) is 25.0. The first kappa shape index (κ1) is 30.2. The van der Waals surface area contributed by atoms with Gasteiger partial charge in [0.15, 0.2) is 20.2 Å². The molecule has 0 aromatic heterocycles. The smallest absolute Gasteiger partial charge is 0.485 e. The van der Waals surface area contributed by atoms with Gasteiger partial charge >= 0.3 is 116 Å². The van der Waals surface area contributed by atoms with E-state index < -0.39 is 54.5 Å². The van der Waals surface area contributed by atoms with Gasteiger partial charge in [0.2, 0.25) is 0 Å². The third-order valence-electron chi connectivity index (χ3n) is 3.89. The summed E-state index contributed by atoms with van der Waals surface area (Å²) in [5.74, 6) is 0. The zero-order valence-electron chi connectivity index (χ0n) is 16.6. The van der Waals surface area contributed by atoms with Gasteiger partial charge in [-0.05, 0) is 0 Å². The molecule has 0 heterocycles. The molecule has 2 aliphatic carbocycles. The van der Waals surface area contributed by atoms with Crippen molar-refractivity contribution in [3.05, 3.63) is 41.0 Å². The Labute approximate surface area is 187 Å². The van der Waals surface area contributed by atoms with E-state index in [1.165, 1.54) is 12.8 Å². The minimum absolute atomic E-state index is 0.507. The van der Waals surface area contributed by atoms with Gasteiger partial charge in [-0.1, -0.05) is 0 Å². The molecule has 0 spiro atoms. The van der Waals surface area contributed by atoms with E-state index >= 15 is 0 Å². The molecule has 0 saturated carbocycles. The first-order valence-electron chi connectivity index (χ1n) is 8.14. The predicted molar refractivity (Wildman–Crippen MR) is 93.7 cm³/mol. The summed E-state index contributed by atoms with van der Waals surface area (Å²) in [6.45, 7) is 9.20. The van der Waals surface area contributed by atoms with Crippen LogP contribution in [-0.2, 0) is 43.5 Å². The number of alkyl halides is 6. The van der Waals surface area contributed by atoms with Crippen molar-refractivity contribution in [3.8, 4) is 0 Å². The van der Waals surface area contributed by atoms with E-state index in [4.69, 9.17) is 25.9 Å². The second-order valence-electron chi connectivity index (χ2n) is 6.42. The number of hydrogen-bond donors (Lipinski definition) is 0. The molecule has 0 aliphatic heterocycles. The molecule has 6 nitrogen and oxygen atoms in total. The molecule has 0 radical (unpaired) electrons. The second kappa shape index (κ2) is 10.9. The molecule has 0 aromatic carbocycles. The van der Waals surface area contributed by atoms with Crippen LogP contribution in [0.25, 0.3) is 0 Å². The monoisotopic (exact) mass is 574 g/mol. The molecule has 0 bridgehead atoms. The van der Waals surface area contributed by atoms with Gasteiger partial charge in [0, 0.05) is 0 Å². The fourth-order valence-electron chi connectivity index (χ4n) is 2.23. The molecule has 31 heavy (non-hydrogen) atoms. The van der Waals surface area contributed by atoms with Gasteiger partial charge < -0.3 is 9.11 Å². The third-order valence-corrected chi connectivity index (χ3v) is 10.3. The van der Waals surface area contributed by atoms with Gasteiger partial charge in [-0.2, -0.15) is 26.3 Å². The standard InChI is InChI=1S/2C7H9.2CHF3O3S.Zr/c2*1-6-3-4-7(2)5-6;2*2-1(3,4)8(5,6)7;/h2*3H,4H2,1-2H3;2*(H,5,6,7);/q;;;;+2/p-2. The van der Waals surface area contributed by atoms with Crippen LogP contribution in [0.3, 0.4) is 0 Å². The summed E-state index contributed by atoms with van der Waals surface area (Å²) in [6.07, 6.45) is 7.21. The van der Waals surface area contributed by atoms with Crippen LogP contribution in [0.1, 0.15) is 40.5 Å². The fraction of sp³-hybridized carbons (Fsp3) is 0.500. The summed E-state index contributed by atoms with van der Waals surface area (Å²) in [7, 11) is -12.2. The SMILES string of the molecule is CC1=CCC(C)=[C]1[Zr+2][C]1=C(C)CC=C1C.O=S(=O)([O-])C(F)(F)F.O=S(=O)([O-])C(F)(F)F. The van der Waals surface area contributed by atoms with Crippen molar-refractivity contribution in [2.45, 2.75) is 51.6 Å². The number of hydrogen-bond acceptors (Lipinski definition) is 6. The molecule has 0 saturated heterocycles. The van der Waals surface area contributed by atoms with Crippen LogP contribution >= 0.6 is 0 Å². The molecule has 2 rings (SSSR count). The van der Waals surface area contributed by atoms with E-state index in [1.54, 1.807) is 28.9 Å². The van der Waals surface area contributed by atoms with Crippen LogP contribution in [0.2, 0.25) is 0 Å². The summed E-state index contributed by atoms with van der Waals surface area (Å²) in [4.78, 5) is 0. The van der Waals surface area contributed by atoms with E-state index in [1.807, 2.05) is 0 Å². The molecule has 0 unspecified atom stereocenters. The quantitative estimate of drug-likeness (QED) is 0.274. The van der Waals surface area contributed by atoms with Crippen molar-refractivity contribution in [2.24, 2.45) is 0 Å². The van der Waals surface area contributed by atoms with E-state index in [0.717, 1.165) is 0 Å². The van der Waals surface area contributed by atoms with Gasteiger partial charge in [-0.25, -0.2) is 16.8 Å². The summed E-state index contributed by atoms with van der Waals surface area (Å²) in [5.41, 5.74) is -4.88. The van der Waals surface area contributed by atoms with E-state index in [9.17, 15) is 26.3 Å². The molecule has 0 atom stereocenters. The maximum Gasteiger partial charge on any atom is 0.485 e. The Balaban J connectivity index is 0.000000483. The minimum Gasteiger partial charge on any atom is -0.741 e. The maximum atomic E-state index is 10.7. The Morgan fingerprint density at radius 3 is 1.06 bits per heavy atom. The summed E-state index contributed by atoms with van der Waals surface area (Å²) in [6, 6.07) is 0. The molecule has 176 valence electrons. The Hall–Kier alpha value is -0.757. The van der Waals surface area contributed by atoms with Gasteiger partial charge in [0.05, 0.1) is 0 Å². The van der Waals surface area contributed by atoms with Crippen LogP contribution < -0.4 is 0 Å². The van der Waals surface area contributed by atoms with Crippen molar-refractivity contribution in [3.63, 3.8) is 0 Å². The van der Waals surface area contributed by atoms with Gasteiger partial charge in [0.25, 0.3) is 0 Å². The molecule has 15 heteroatoms. The minimum atomic E-state index is -6.09. The van der Waals surface area contributed by atoms with E-state index in [-0.39, 0.29) is 0 Å². The van der Waals surface area contributed by atoms with E-state index in [0.29, 0.717) is 0 Å². The zero-order valence-corrected chi connectivity index (χ0v) is 20.7. The molecular formula is C16H18F6O6S2Zr. The molecule has 0 aromatic rings. The third kappa shape index (κ3) is 9.72. The predicted octanol–water partition coefficient (Wildman–Crippen LogP) is 4.42. The molecule has 0 amide bonds. The first-order chi connectivity index (χ1) is 13.6. The van der Waals surface area contributed by atoms with Crippen molar-refractivity contribution in [1.29, 1.82) is 0 Å². The van der Waals surface area contributed by atoms with E-state index in [2.05, 4.69) is 39.8 Å². The fourth-order valence-corrected chi connectivity index (χ4v) is 5.87. The van der Waals surface area contributed by atoms with Gasteiger partial charge in [-0.15, -0.1) is 0 Å². The van der Waals surface area contributed by atoms with Crippen LogP contribution in [-0.4, -0.2) is 37.0 Å². The average Bonchev–Trinajstić information content (AvgIpc) is 3.02. The maximum absolute atomic E-state index is 10.7. The molecule has 0 fully saturated rings. The van der Waals surface area contributed by atoms with Crippen molar-refractivity contribution in [2.75, 3.05) is 0 Å². The average molecular weight is 576 g/mol. The largest absolute Gasteiger partial charge is 0.741 e. The van der Waals surface area contributed by atoms with Crippen molar-refractivity contribution in [1.82, 2.24) is 0 Å². The molecular weight excluding hydrogens is 558 g/mol. The topological polar surface area (TPSA) is 114 Å². The van der Waals surface area contributed by atoms with Gasteiger partial charge in [0.1, 0.15) is 0 Å². The Kier molecular flexibility index (Phi) is 10.6. The number of halogens is 6. The van der Waals surface area contributed by atoms with Crippen LogP contribution in [0.15, 0.2) is 41.0 Å². The normalized spacial score (nSPS) is 17.3. The first-order valence-corrected chi connectivity index (χ1v) is 13.4. The molecule has 0 N–H and O–H groups in total. The summed E-state index contributed by atoms with van der Waals surface area (Å²) < 4.78 is 121. The Morgan fingerprint density at radius 1 is 0.710 bits per heavy atom. The van der Waals surface area contributed by atoms with Crippen LogP contribution in [0.5, 0.6) is 0 Å². The second-order valence-corrected chi connectivity index (χ2v) is 12.2. The molecule has 2 aliphatic rings. The summed E-state index contributed by atoms with van der Waals surface area (Å²) >= 11 is -0.507. The van der Waals surface area contributed by atoms with Crippen molar-refractivity contribution < 1.29 is 75.5 Å². The van der Waals surface area contributed by atoms with Gasteiger partial charge in [-0.3, -0.25) is 0 Å². The number of allylic oxidation sites excluding steroid dienone is 8. The summed E-state index contributed by atoms with van der Waals surface area (Å²) in [5, 5.41) is 0.